The molecule has 0 aliphatic carbocycles. The lowest BCUT2D eigenvalue weighted by Crippen LogP contribution is -1.91. The van der Waals surface area contributed by atoms with Crippen molar-refractivity contribution in [3.8, 4) is 0 Å². The fraction of sp³-hybridized carbons (Fsp3) is 0.400. The summed E-state index contributed by atoms with van der Waals surface area (Å²) in [7, 11) is 0. The van der Waals surface area contributed by atoms with Gasteiger partial charge in [0.25, 0.3) is 0 Å². The molecule has 1 rings (SSSR count). The number of anilines is 1. The van der Waals surface area contributed by atoms with Gasteiger partial charge in [0, 0.05) is 24.5 Å². The van der Waals surface area contributed by atoms with Crippen LogP contribution in [-0.2, 0) is 6.54 Å². The molecule has 0 amide bonds. The van der Waals surface area contributed by atoms with Crippen LogP contribution in [-0.4, -0.2) is 9.78 Å². The molecule has 0 saturated carbocycles. The van der Waals surface area contributed by atoms with E-state index in [0.29, 0.717) is 0 Å². The maximum Gasteiger partial charge on any atom is 0.0871 e. The molecule has 0 unspecified atom stereocenters. The summed E-state index contributed by atoms with van der Waals surface area (Å²) in [6.07, 6.45) is 3.52. The van der Waals surface area contributed by atoms with Gasteiger partial charge in [-0.2, -0.15) is 5.10 Å². The van der Waals surface area contributed by atoms with Gasteiger partial charge >= 0.3 is 0 Å². The molecule has 9 heavy (non-hydrogen) atoms. The topological polar surface area (TPSA) is 29.9 Å². The first kappa shape index (κ1) is 6.42. The van der Waals surface area contributed by atoms with Crippen molar-refractivity contribution in [3.05, 3.63) is 12.4 Å². The Bertz CT molecular complexity index is 166. The number of hydrogen-bond donors (Lipinski definition) is 1. The molecule has 0 radical (unpaired) electrons. The number of rotatable bonds is 2. The minimum Gasteiger partial charge on any atom is -0.295 e. The van der Waals surface area contributed by atoms with E-state index in [1.807, 2.05) is 13.1 Å². The van der Waals surface area contributed by atoms with Crippen molar-refractivity contribution >= 4 is 17.5 Å². The molecule has 0 bridgehead atoms. The van der Waals surface area contributed by atoms with Gasteiger partial charge in [0.15, 0.2) is 0 Å². The molecular formula is C5H8ClN3. The molecule has 0 aromatic carbocycles. The molecule has 1 heterocycles. The van der Waals surface area contributed by atoms with Gasteiger partial charge in [0.05, 0.1) is 11.9 Å². The number of aryl methyl sites for hydroxylation is 1. The standard InChI is InChI=1S/C5H8ClN3/c1-2-9-4-5(8-6)3-7-9/h3-4,8H,2H2,1H3. The Kier molecular flexibility index (Phi) is 1.95. The number of hydrogen-bond acceptors (Lipinski definition) is 2. The van der Waals surface area contributed by atoms with Crippen molar-refractivity contribution < 1.29 is 0 Å². The third-order valence-electron chi connectivity index (χ3n) is 1.07. The Hall–Kier alpha value is -0.700. The van der Waals surface area contributed by atoms with E-state index in [-0.39, 0.29) is 0 Å². The lowest BCUT2D eigenvalue weighted by molar-refractivity contribution is 0.660. The van der Waals surface area contributed by atoms with Gasteiger partial charge in [-0.25, -0.2) is 0 Å². The summed E-state index contributed by atoms with van der Waals surface area (Å²) < 4.78 is 1.80. The molecular weight excluding hydrogens is 138 g/mol. The normalized spacial score (nSPS) is 9.56. The summed E-state index contributed by atoms with van der Waals surface area (Å²) in [4.78, 5) is 2.47. The molecule has 0 aliphatic rings. The second kappa shape index (κ2) is 2.73. The van der Waals surface area contributed by atoms with Crippen LogP contribution in [0.2, 0.25) is 0 Å². The van der Waals surface area contributed by atoms with Gasteiger partial charge in [-0.3, -0.25) is 9.52 Å². The van der Waals surface area contributed by atoms with Crippen LogP contribution >= 0.6 is 11.8 Å². The molecule has 0 fully saturated rings. The minimum absolute atomic E-state index is 0.832. The Morgan fingerprint density at radius 3 is 3.00 bits per heavy atom. The van der Waals surface area contributed by atoms with Crippen LogP contribution in [0.15, 0.2) is 12.4 Å². The van der Waals surface area contributed by atoms with E-state index in [0.717, 1.165) is 12.2 Å². The van der Waals surface area contributed by atoms with Crippen LogP contribution < -0.4 is 4.84 Å². The fourth-order valence-electron chi connectivity index (χ4n) is 0.585. The van der Waals surface area contributed by atoms with Crippen molar-refractivity contribution in [1.29, 1.82) is 0 Å². The zero-order valence-corrected chi connectivity index (χ0v) is 5.89. The Labute approximate surface area is 58.7 Å². The van der Waals surface area contributed by atoms with Crippen LogP contribution in [0.4, 0.5) is 5.69 Å². The van der Waals surface area contributed by atoms with E-state index in [2.05, 4.69) is 9.93 Å². The van der Waals surface area contributed by atoms with E-state index < -0.39 is 0 Å². The highest BCUT2D eigenvalue weighted by atomic mass is 35.5. The van der Waals surface area contributed by atoms with Crippen LogP contribution in [0.1, 0.15) is 6.92 Å². The van der Waals surface area contributed by atoms with Crippen LogP contribution in [0.3, 0.4) is 0 Å². The molecule has 3 nitrogen and oxygen atoms in total. The van der Waals surface area contributed by atoms with E-state index in [1.165, 1.54) is 0 Å². The van der Waals surface area contributed by atoms with Gasteiger partial charge in [0.1, 0.15) is 0 Å². The second-order valence-corrected chi connectivity index (χ2v) is 1.87. The predicted molar refractivity (Wildman–Crippen MR) is 37.4 cm³/mol. The molecule has 1 aromatic heterocycles. The number of halogens is 1. The van der Waals surface area contributed by atoms with E-state index >= 15 is 0 Å². The zero-order chi connectivity index (χ0) is 6.69. The smallest absolute Gasteiger partial charge is 0.0871 e. The van der Waals surface area contributed by atoms with Crippen LogP contribution in [0.25, 0.3) is 0 Å². The molecule has 1 aromatic rings. The summed E-state index contributed by atoms with van der Waals surface area (Å²) in [5, 5.41) is 3.98. The van der Waals surface area contributed by atoms with Crippen molar-refractivity contribution in [3.63, 3.8) is 0 Å². The average molecular weight is 146 g/mol. The maximum absolute atomic E-state index is 5.29. The number of nitrogens with one attached hydrogen (secondary N) is 1. The van der Waals surface area contributed by atoms with E-state index in [1.54, 1.807) is 10.9 Å². The van der Waals surface area contributed by atoms with Crippen molar-refractivity contribution in [1.82, 2.24) is 9.78 Å². The van der Waals surface area contributed by atoms with E-state index in [4.69, 9.17) is 11.8 Å². The summed E-state index contributed by atoms with van der Waals surface area (Å²) >= 11 is 5.29. The van der Waals surface area contributed by atoms with Crippen LogP contribution in [0.5, 0.6) is 0 Å². The van der Waals surface area contributed by atoms with Gasteiger partial charge in [-0.15, -0.1) is 0 Å². The zero-order valence-electron chi connectivity index (χ0n) is 5.13. The summed E-state index contributed by atoms with van der Waals surface area (Å²) in [5.41, 5.74) is 0.832. The Balaban J connectivity index is 2.74. The van der Waals surface area contributed by atoms with E-state index in [9.17, 15) is 0 Å². The molecule has 0 spiro atoms. The first-order valence-corrected chi connectivity index (χ1v) is 3.13. The highest BCUT2D eigenvalue weighted by molar-refractivity contribution is 6.23. The van der Waals surface area contributed by atoms with Crippen LogP contribution in [0, 0.1) is 0 Å². The molecule has 0 saturated heterocycles. The average Bonchev–Trinajstić information content (AvgIpc) is 2.34. The quantitative estimate of drug-likeness (QED) is 0.639. The molecule has 50 valence electrons. The lowest BCUT2D eigenvalue weighted by Gasteiger charge is -1.89. The molecule has 4 heteroatoms. The monoisotopic (exact) mass is 145 g/mol. The van der Waals surface area contributed by atoms with Crippen molar-refractivity contribution in [2.75, 3.05) is 4.84 Å². The maximum atomic E-state index is 5.29. The first-order chi connectivity index (χ1) is 4.36. The number of aromatic nitrogens is 2. The lowest BCUT2D eigenvalue weighted by atomic mass is 10.6. The van der Waals surface area contributed by atoms with Crippen molar-refractivity contribution in [2.24, 2.45) is 0 Å². The van der Waals surface area contributed by atoms with Gasteiger partial charge in [-0.1, -0.05) is 0 Å². The second-order valence-electron chi connectivity index (χ2n) is 1.68. The third-order valence-corrected chi connectivity index (χ3v) is 1.28. The van der Waals surface area contributed by atoms with Gasteiger partial charge in [0.2, 0.25) is 0 Å². The predicted octanol–water partition coefficient (Wildman–Crippen LogP) is 1.47. The van der Waals surface area contributed by atoms with Gasteiger partial charge < -0.3 is 0 Å². The minimum atomic E-state index is 0.832. The molecule has 0 aliphatic heterocycles. The summed E-state index contributed by atoms with van der Waals surface area (Å²) in [6.45, 7) is 2.89. The van der Waals surface area contributed by atoms with Crippen molar-refractivity contribution in [2.45, 2.75) is 13.5 Å². The summed E-state index contributed by atoms with van der Waals surface area (Å²) in [5.74, 6) is 0. The Morgan fingerprint density at radius 2 is 2.67 bits per heavy atom. The summed E-state index contributed by atoms with van der Waals surface area (Å²) in [6, 6.07) is 0. The largest absolute Gasteiger partial charge is 0.295 e. The first-order valence-electron chi connectivity index (χ1n) is 2.76. The Morgan fingerprint density at radius 1 is 1.89 bits per heavy atom. The number of nitrogens with zero attached hydrogens (tertiary/aromatic N) is 2. The fourth-order valence-corrected chi connectivity index (χ4v) is 0.683. The molecule has 0 atom stereocenters. The third kappa shape index (κ3) is 1.36. The molecule has 1 N–H and O–H groups in total. The highest BCUT2D eigenvalue weighted by Gasteiger charge is 1.91. The SMILES string of the molecule is CCn1cc(NCl)cn1. The van der Waals surface area contributed by atoms with Gasteiger partial charge in [-0.05, 0) is 6.92 Å². The highest BCUT2D eigenvalue weighted by Crippen LogP contribution is 2.04.